The molecule has 0 atom stereocenters. The lowest BCUT2D eigenvalue weighted by molar-refractivity contribution is -0.00489. The SMILES string of the molecule is CCCCCCCCCN(CCOCCOCCOCCOCCO)c1cccc(C)c1. The average molecular weight is 454 g/mol. The van der Waals surface area contributed by atoms with Gasteiger partial charge in [0.1, 0.15) is 0 Å². The second kappa shape index (κ2) is 21.7. The first-order valence-corrected chi connectivity index (χ1v) is 12.5. The monoisotopic (exact) mass is 453 g/mol. The molecule has 0 unspecified atom stereocenters. The van der Waals surface area contributed by atoms with Crippen LogP contribution in [0.1, 0.15) is 57.4 Å². The first-order chi connectivity index (χ1) is 15.8. The number of aliphatic hydroxyl groups excluding tert-OH is 1. The number of benzene rings is 1. The molecule has 0 aromatic heterocycles. The van der Waals surface area contributed by atoms with E-state index in [2.05, 4.69) is 43.0 Å². The van der Waals surface area contributed by atoms with E-state index >= 15 is 0 Å². The summed E-state index contributed by atoms with van der Waals surface area (Å²) in [6, 6.07) is 8.75. The number of aliphatic hydroxyl groups is 1. The molecule has 0 saturated carbocycles. The molecule has 0 spiro atoms. The zero-order valence-electron chi connectivity index (χ0n) is 20.6. The summed E-state index contributed by atoms with van der Waals surface area (Å²) in [4.78, 5) is 2.45. The summed E-state index contributed by atoms with van der Waals surface area (Å²) in [6.45, 7) is 10.8. The summed E-state index contributed by atoms with van der Waals surface area (Å²) in [5, 5.41) is 8.61. The van der Waals surface area contributed by atoms with Crippen LogP contribution in [0.15, 0.2) is 24.3 Å². The van der Waals surface area contributed by atoms with E-state index in [1.165, 1.54) is 56.2 Å². The molecule has 0 heterocycles. The maximum Gasteiger partial charge on any atom is 0.0701 e. The van der Waals surface area contributed by atoms with E-state index in [-0.39, 0.29) is 6.61 Å². The van der Waals surface area contributed by atoms with Crippen LogP contribution in [-0.2, 0) is 18.9 Å². The van der Waals surface area contributed by atoms with Gasteiger partial charge in [0.05, 0.1) is 59.5 Å². The van der Waals surface area contributed by atoms with E-state index in [1.807, 2.05) is 0 Å². The first-order valence-electron chi connectivity index (χ1n) is 12.5. The number of hydrogen-bond donors (Lipinski definition) is 1. The third-order valence-electron chi connectivity index (χ3n) is 5.26. The Morgan fingerprint density at radius 1 is 0.688 bits per heavy atom. The van der Waals surface area contributed by atoms with E-state index in [4.69, 9.17) is 24.1 Å². The highest BCUT2D eigenvalue weighted by atomic mass is 16.6. The molecule has 1 N–H and O–H groups in total. The van der Waals surface area contributed by atoms with Crippen LogP contribution in [0, 0.1) is 6.92 Å². The minimum absolute atomic E-state index is 0.0466. The summed E-state index contributed by atoms with van der Waals surface area (Å²) in [6.07, 6.45) is 9.29. The van der Waals surface area contributed by atoms with E-state index in [0.29, 0.717) is 52.9 Å². The number of rotatable bonds is 23. The van der Waals surface area contributed by atoms with Gasteiger partial charge in [0.25, 0.3) is 0 Å². The molecule has 0 radical (unpaired) electrons. The van der Waals surface area contributed by atoms with Gasteiger partial charge in [0.2, 0.25) is 0 Å². The maximum atomic E-state index is 8.61. The standard InChI is InChI=1S/C26H47NO5/c1-3-4-5-6-7-8-9-13-27(26-12-10-11-25(2)24-26)14-16-29-18-20-31-22-23-32-21-19-30-17-15-28/h10-12,24,28H,3-9,13-23H2,1-2H3. The first kappa shape index (κ1) is 28.9. The fourth-order valence-electron chi connectivity index (χ4n) is 3.46. The van der Waals surface area contributed by atoms with Crippen molar-refractivity contribution in [3.8, 4) is 0 Å². The normalized spacial score (nSPS) is 11.2. The molecule has 0 bridgehead atoms. The van der Waals surface area contributed by atoms with Crippen molar-refractivity contribution < 1.29 is 24.1 Å². The van der Waals surface area contributed by atoms with Crippen molar-refractivity contribution >= 4 is 5.69 Å². The lowest BCUT2D eigenvalue weighted by Crippen LogP contribution is -2.29. The molecule has 0 aliphatic carbocycles. The maximum absolute atomic E-state index is 8.61. The van der Waals surface area contributed by atoms with E-state index < -0.39 is 0 Å². The van der Waals surface area contributed by atoms with Crippen LogP contribution in [0.5, 0.6) is 0 Å². The number of aryl methyl sites for hydroxylation is 1. The van der Waals surface area contributed by atoms with E-state index in [0.717, 1.165) is 13.1 Å². The van der Waals surface area contributed by atoms with Crippen LogP contribution in [0.3, 0.4) is 0 Å². The quantitative estimate of drug-likeness (QED) is 0.244. The van der Waals surface area contributed by atoms with Gasteiger partial charge < -0.3 is 29.0 Å². The van der Waals surface area contributed by atoms with Crippen LogP contribution < -0.4 is 4.90 Å². The average Bonchev–Trinajstić information content (AvgIpc) is 2.80. The molecular weight excluding hydrogens is 406 g/mol. The predicted octanol–water partition coefficient (Wildman–Crippen LogP) is 4.61. The smallest absolute Gasteiger partial charge is 0.0701 e. The Bertz CT molecular complexity index is 529. The third-order valence-corrected chi connectivity index (χ3v) is 5.26. The lowest BCUT2D eigenvalue weighted by Gasteiger charge is -2.25. The number of anilines is 1. The van der Waals surface area contributed by atoms with Gasteiger partial charge >= 0.3 is 0 Å². The van der Waals surface area contributed by atoms with Crippen molar-refractivity contribution in [2.75, 3.05) is 77.5 Å². The van der Waals surface area contributed by atoms with Gasteiger partial charge in [-0.2, -0.15) is 0 Å². The van der Waals surface area contributed by atoms with Crippen LogP contribution in [0.4, 0.5) is 5.69 Å². The zero-order chi connectivity index (χ0) is 23.1. The highest BCUT2D eigenvalue weighted by Gasteiger charge is 2.07. The van der Waals surface area contributed by atoms with Crippen molar-refractivity contribution in [2.45, 2.75) is 58.8 Å². The molecule has 0 fully saturated rings. The molecule has 186 valence electrons. The highest BCUT2D eigenvalue weighted by Crippen LogP contribution is 2.17. The van der Waals surface area contributed by atoms with Crippen LogP contribution in [0.2, 0.25) is 0 Å². The third kappa shape index (κ3) is 16.5. The minimum Gasteiger partial charge on any atom is -0.394 e. The molecule has 32 heavy (non-hydrogen) atoms. The van der Waals surface area contributed by atoms with Crippen molar-refractivity contribution in [3.05, 3.63) is 29.8 Å². The van der Waals surface area contributed by atoms with E-state index in [9.17, 15) is 0 Å². The predicted molar refractivity (Wildman–Crippen MR) is 132 cm³/mol. The summed E-state index contributed by atoms with van der Waals surface area (Å²) < 4.78 is 21.9. The molecule has 0 aliphatic rings. The van der Waals surface area contributed by atoms with Crippen molar-refractivity contribution in [1.82, 2.24) is 0 Å². The molecule has 6 heteroatoms. The molecule has 1 rings (SSSR count). The zero-order valence-corrected chi connectivity index (χ0v) is 20.6. The van der Waals surface area contributed by atoms with Gasteiger partial charge in [-0.3, -0.25) is 0 Å². The highest BCUT2D eigenvalue weighted by molar-refractivity contribution is 5.48. The molecule has 0 amide bonds. The van der Waals surface area contributed by atoms with Gasteiger partial charge in [-0.05, 0) is 31.0 Å². The van der Waals surface area contributed by atoms with Crippen LogP contribution in [0.25, 0.3) is 0 Å². The number of hydrogen-bond acceptors (Lipinski definition) is 6. The summed E-state index contributed by atoms with van der Waals surface area (Å²) >= 11 is 0. The van der Waals surface area contributed by atoms with Gasteiger partial charge in [-0.25, -0.2) is 0 Å². The summed E-state index contributed by atoms with van der Waals surface area (Å²) in [5.74, 6) is 0. The summed E-state index contributed by atoms with van der Waals surface area (Å²) in [5.41, 5.74) is 2.58. The Morgan fingerprint density at radius 2 is 1.25 bits per heavy atom. The van der Waals surface area contributed by atoms with Crippen LogP contribution in [-0.4, -0.2) is 77.7 Å². The van der Waals surface area contributed by atoms with Crippen LogP contribution >= 0.6 is 0 Å². The number of ether oxygens (including phenoxy) is 4. The largest absolute Gasteiger partial charge is 0.394 e. The molecule has 0 saturated heterocycles. The van der Waals surface area contributed by atoms with Gasteiger partial charge in [0.15, 0.2) is 0 Å². The van der Waals surface area contributed by atoms with Crippen molar-refractivity contribution in [2.24, 2.45) is 0 Å². The van der Waals surface area contributed by atoms with E-state index in [1.54, 1.807) is 0 Å². The Labute approximate surface area is 196 Å². The van der Waals surface area contributed by atoms with Gasteiger partial charge in [-0.1, -0.05) is 57.6 Å². The van der Waals surface area contributed by atoms with Gasteiger partial charge in [0, 0.05) is 18.8 Å². The number of nitrogens with zero attached hydrogens (tertiary/aromatic N) is 1. The second-order valence-electron chi connectivity index (χ2n) is 8.12. The minimum atomic E-state index is 0.0466. The van der Waals surface area contributed by atoms with Crippen molar-refractivity contribution in [1.29, 1.82) is 0 Å². The van der Waals surface area contributed by atoms with Gasteiger partial charge in [-0.15, -0.1) is 0 Å². The molecule has 1 aromatic rings. The Kier molecular flexibility index (Phi) is 19.5. The Balaban J connectivity index is 2.13. The molecule has 6 nitrogen and oxygen atoms in total. The molecule has 0 aliphatic heterocycles. The molecule has 1 aromatic carbocycles. The van der Waals surface area contributed by atoms with Crippen molar-refractivity contribution in [3.63, 3.8) is 0 Å². The molecular formula is C26H47NO5. The second-order valence-corrected chi connectivity index (χ2v) is 8.12. The lowest BCUT2D eigenvalue weighted by atomic mass is 10.1. The fourth-order valence-corrected chi connectivity index (χ4v) is 3.46. The number of unbranched alkanes of at least 4 members (excludes halogenated alkanes) is 6. The Morgan fingerprint density at radius 3 is 1.84 bits per heavy atom. The fraction of sp³-hybridized carbons (Fsp3) is 0.769. The Hall–Kier alpha value is -1.18. The topological polar surface area (TPSA) is 60.4 Å². The summed E-state index contributed by atoms with van der Waals surface area (Å²) in [7, 11) is 0.